The first-order valence-corrected chi connectivity index (χ1v) is 15.4. The average molecular weight is 646 g/mol. The molecule has 47 heavy (non-hydrogen) atoms. The average Bonchev–Trinajstić information content (AvgIpc) is 3.09. The molecule has 3 amide bonds. The van der Waals surface area contributed by atoms with E-state index in [4.69, 9.17) is 16.6 Å². The zero-order valence-electron chi connectivity index (χ0n) is 25.8. The van der Waals surface area contributed by atoms with Crippen molar-refractivity contribution in [2.24, 2.45) is 4.99 Å². The molecule has 0 unspecified atom stereocenters. The van der Waals surface area contributed by atoms with Crippen molar-refractivity contribution < 1.29 is 19.2 Å². The van der Waals surface area contributed by atoms with Gasteiger partial charge in [0, 0.05) is 41.5 Å². The molecule has 0 atom stereocenters. The van der Waals surface area contributed by atoms with Gasteiger partial charge in [-0.05, 0) is 86.7 Å². The Hall–Kier alpha value is -5.80. The number of halogens is 1. The summed E-state index contributed by atoms with van der Waals surface area (Å²) in [5.41, 5.74) is 3.26. The summed E-state index contributed by atoms with van der Waals surface area (Å²) < 4.78 is 0. The van der Waals surface area contributed by atoms with E-state index < -0.39 is 23.5 Å². The summed E-state index contributed by atoms with van der Waals surface area (Å²) in [6.45, 7) is 5.86. The number of allylic oxidation sites excluding steroid dienone is 2. The molecule has 0 saturated carbocycles. The quantitative estimate of drug-likeness (QED) is 0.165. The van der Waals surface area contributed by atoms with E-state index >= 15 is 0 Å². The molecular weight excluding hydrogens is 614 g/mol. The fourth-order valence-corrected chi connectivity index (χ4v) is 5.01. The van der Waals surface area contributed by atoms with Crippen LogP contribution in [0.25, 0.3) is 0 Å². The zero-order valence-corrected chi connectivity index (χ0v) is 26.5. The van der Waals surface area contributed by atoms with Crippen LogP contribution in [0.2, 0.25) is 5.02 Å². The number of carbonyl (C=O) groups is 4. The van der Waals surface area contributed by atoms with Gasteiger partial charge in [-0.3, -0.25) is 19.2 Å². The first-order valence-electron chi connectivity index (χ1n) is 15.0. The maximum atomic E-state index is 13.4. The van der Waals surface area contributed by atoms with E-state index in [1.807, 2.05) is 24.3 Å². The molecule has 1 aliphatic carbocycles. The van der Waals surface area contributed by atoms with E-state index in [2.05, 4.69) is 34.7 Å². The lowest BCUT2D eigenvalue weighted by atomic mass is 10.0. The third-order valence-electron chi connectivity index (χ3n) is 7.37. The van der Waals surface area contributed by atoms with Crippen LogP contribution in [0.1, 0.15) is 44.9 Å². The monoisotopic (exact) mass is 645 g/mol. The molecule has 0 radical (unpaired) electrons. The van der Waals surface area contributed by atoms with Gasteiger partial charge in [-0.2, -0.15) is 0 Å². The first-order chi connectivity index (χ1) is 22.7. The van der Waals surface area contributed by atoms with Crippen molar-refractivity contribution in [3.8, 4) is 0 Å². The molecule has 0 heterocycles. The van der Waals surface area contributed by atoms with Crippen molar-refractivity contribution in [3.05, 3.63) is 148 Å². The Kier molecular flexibility index (Phi) is 10.4. The molecule has 10 heteroatoms. The van der Waals surface area contributed by atoms with Gasteiger partial charge in [-0.25, -0.2) is 4.99 Å². The third kappa shape index (κ3) is 8.08. The van der Waals surface area contributed by atoms with Gasteiger partial charge >= 0.3 is 0 Å². The van der Waals surface area contributed by atoms with Gasteiger partial charge in [0.1, 0.15) is 0 Å². The van der Waals surface area contributed by atoms with Crippen molar-refractivity contribution in [1.82, 2.24) is 10.6 Å². The van der Waals surface area contributed by atoms with Crippen LogP contribution in [0.5, 0.6) is 0 Å². The summed E-state index contributed by atoms with van der Waals surface area (Å²) in [5, 5.41) is 8.39. The van der Waals surface area contributed by atoms with Crippen molar-refractivity contribution >= 4 is 57.9 Å². The standard InChI is InChI=1S/C37H32ClN5O4/c1-3-43(4-2)28-18-16-27(17-19-28)39-31-22-33(34(44)23-32(31)41-36(46)25-13-9-6-10-14-25)42-37(47)26-15-20-29(38)30(21-26)40-35(45)24-11-7-5-8-12-24/h5-23H,3-4H2,1-2H3,(H,40,45)(H,41,46)(H,42,47). The Labute approximate surface area is 277 Å². The fraction of sp³-hybridized carbons (Fsp3) is 0.108. The van der Waals surface area contributed by atoms with Crippen LogP contribution in [-0.2, 0) is 4.79 Å². The van der Waals surface area contributed by atoms with Crippen molar-refractivity contribution in [2.45, 2.75) is 13.8 Å². The van der Waals surface area contributed by atoms with Crippen molar-refractivity contribution in [2.75, 3.05) is 23.3 Å². The molecule has 0 bridgehead atoms. The number of carbonyl (C=O) groups excluding carboxylic acids is 4. The van der Waals surface area contributed by atoms with Gasteiger partial charge < -0.3 is 20.9 Å². The molecule has 0 saturated heterocycles. The Balaban J connectivity index is 1.41. The van der Waals surface area contributed by atoms with E-state index in [-0.39, 0.29) is 33.4 Å². The smallest absolute Gasteiger partial charge is 0.255 e. The molecule has 4 aromatic carbocycles. The predicted molar refractivity (Wildman–Crippen MR) is 185 cm³/mol. The van der Waals surface area contributed by atoms with Crippen molar-refractivity contribution in [3.63, 3.8) is 0 Å². The van der Waals surface area contributed by atoms with Crippen LogP contribution in [-0.4, -0.2) is 42.3 Å². The van der Waals surface area contributed by atoms with Gasteiger partial charge in [-0.15, -0.1) is 0 Å². The van der Waals surface area contributed by atoms with Gasteiger partial charge in [0.05, 0.1) is 33.5 Å². The molecule has 1 aliphatic rings. The molecule has 0 aromatic heterocycles. The number of nitrogens with one attached hydrogen (secondary N) is 3. The number of aliphatic imine (C=N–C) groups is 1. The lowest BCUT2D eigenvalue weighted by molar-refractivity contribution is -0.111. The number of hydrogen-bond acceptors (Lipinski definition) is 6. The fourth-order valence-electron chi connectivity index (χ4n) is 4.85. The summed E-state index contributed by atoms with van der Waals surface area (Å²) in [4.78, 5) is 59.2. The van der Waals surface area contributed by atoms with Crippen LogP contribution in [0.3, 0.4) is 0 Å². The first kappa shape index (κ1) is 32.6. The van der Waals surface area contributed by atoms with E-state index in [1.165, 1.54) is 30.4 Å². The molecule has 5 rings (SSSR count). The second-order valence-corrected chi connectivity index (χ2v) is 10.9. The highest BCUT2D eigenvalue weighted by atomic mass is 35.5. The number of anilines is 2. The summed E-state index contributed by atoms with van der Waals surface area (Å²) >= 11 is 6.32. The lowest BCUT2D eigenvalue weighted by Gasteiger charge is -2.21. The summed E-state index contributed by atoms with van der Waals surface area (Å²) in [7, 11) is 0. The van der Waals surface area contributed by atoms with E-state index in [1.54, 1.807) is 60.7 Å². The van der Waals surface area contributed by atoms with E-state index in [0.29, 0.717) is 16.8 Å². The second-order valence-electron chi connectivity index (χ2n) is 10.5. The third-order valence-corrected chi connectivity index (χ3v) is 7.70. The molecule has 9 nitrogen and oxygen atoms in total. The molecule has 236 valence electrons. The number of amides is 3. The number of hydrogen-bond donors (Lipinski definition) is 3. The minimum absolute atomic E-state index is 0.0453. The lowest BCUT2D eigenvalue weighted by Crippen LogP contribution is -2.34. The van der Waals surface area contributed by atoms with Crippen LogP contribution >= 0.6 is 11.6 Å². The normalized spacial score (nSPS) is 13.3. The van der Waals surface area contributed by atoms with Crippen molar-refractivity contribution in [1.29, 1.82) is 0 Å². The highest BCUT2D eigenvalue weighted by Crippen LogP contribution is 2.25. The number of nitrogens with zero attached hydrogens (tertiary/aromatic N) is 2. The summed E-state index contributed by atoms with van der Waals surface area (Å²) in [6.07, 6.45) is 2.65. The topological polar surface area (TPSA) is 120 Å². The summed E-state index contributed by atoms with van der Waals surface area (Å²) in [5.74, 6) is -1.95. The highest BCUT2D eigenvalue weighted by molar-refractivity contribution is 6.34. The maximum absolute atomic E-state index is 13.4. The van der Waals surface area contributed by atoms with E-state index in [9.17, 15) is 19.2 Å². The number of benzene rings is 4. The summed E-state index contributed by atoms with van der Waals surface area (Å²) in [6, 6.07) is 29.2. The second kappa shape index (κ2) is 15.0. The Morgan fingerprint density at radius 1 is 0.660 bits per heavy atom. The Bertz CT molecular complexity index is 1900. The minimum Gasteiger partial charge on any atom is -0.372 e. The van der Waals surface area contributed by atoms with E-state index in [0.717, 1.165) is 18.8 Å². The van der Waals surface area contributed by atoms with Crippen LogP contribution in [0, 0.1) is 0 Å². The molecule has 0 fully saturated rings. The maximum Gasteiger partial charge on any atom is 0.255 e. The zero-order chi connectivity index (χ0) is 33.3. The molecule has 0 aliphatic heterocycles. The van der Waals surface area contributed by atoms with Gasteiger partial charge in [-0.1, -0.05) is 48.0 Å². The Morgan fingerprint density at radius 3 is 1.81 bits per heavy atom. The SMILES string of the molecule is CCN(CC)c1ccc(N=C2C=C(NC(=O)c3ccc(Cl)c(NC(=O)c4ccccc4)c3)C(=O)C=C2NC(=O)c2ccccc2)cc1. The van der Waals surface area contributed by atoms with Crippen LogP contribution < -0.4 is 20.9 Å². The Morgan fingerprint density at radius 2 is 1.21 bits per heavy atom. The van der Waals surface area contributed by atoms with Crippen LogP contribution in [0.15, 0.2) is 132 Å². The molecule has 4 aromatic rings. The number of rotatable bonds is 10. The minimum atomic E-state index is -0.607. The molecule has 0 spiro atoms. The highest BCUT2D eigenvalue weighted by Gasteiger charge is 2.23. The van der Waals surface area contributed by atoms with Gasteiger partial charge in [0.25, 0.3) is 17.7 Å². The molecular formula is C37H32ClN5O4. The van der Waals surface area contributed by atoms with Gasteiger partial charge in [0.2, 0.25) is 5.78 Å². The predicted octanol–water partition coefficient (Wildman–Crippen LogP) is 6.72. The number of ketones is 1. The van der Waals surface area contributed by atoms with Crippen LogP contribution in [0.4, 0.5) is 17.1 Å². The van der Waals surface area contributed by atoms with Gasteiger partial charge in [0.15, 0.2) is 0 Å². The molecule has 3 N–H and O–H groups in total. The largest absolute Gasteiger partial charge is 0.372 e.